The molecule has 0 radical (unpaired) electrons. The van der Waals surface area contributed by atoms with E-state index >= 15 is 0 Å². The fourth-order valence-corrected chi connectivity index (χ4v) is 3.08. The first-order valence-corrected chi connectivity index (χ1v) is 9.72. The molecule has 184 valence electrons. The summed E-state index contributed by atoms with van der Waals surface area (Å²) >= 11 is 0. The van der Waals surface area contributed by atoms with E-state index in [1.807, 2.05) is 0 Å². The molecule has 14 nitrogen and oxygen atoms in total. The van der Waals surface area contributed by atoms with Gasteiger partial charge in [-0.25, -0.2) is 14.4 Å². The smallest absolute Gasteiger partial charge is 0.344 e. The highest BCUT2D eigenvalue weighted by atomic mass is 17.2. The molecule has 0 saturated heterocycles. The van der Waals surface area contributed by atoms with Crippen LogP contribution in [-0.4, -0.2) is 38.0 Å². The second-order valence-corrected chi connectivity index (χ2v) is 6.84. The third kappa shape index (κ3) is 5.57. The van der Waals surface area contributed by atoms with Crippen LogP contribution in [0.4, 0.5) is 11.4 Å². The highest BCUT2D eigenvalue weighted by Crippen LogP contribution is 2.26. The van der Waals surface area contributed by atoms with E-state index in [1.165, 1.54) is 36.4 Å². The molecule has 0 atom stereocenters. The van der Waals surface area contributed by atoms with Crippen LogP contribution in [-0.2, 0) is 11.5 Å². The number of rotatable bonds is 10. The summed E-state index contributed by atoms with van der Waals surface area (Å²) in [4.78, 5) is 65.7. The first-order valence-electron chi connectivity index (χ1n) is 9.72. The van der Waals surface area contributed by atoms with E-state index in [4.69, 9.17) is 14.5 Å². The summed E-state index contributed by atoms with van der Waals surface area (Å²) in [7, 11) is 0. The SMILES string of the molecule is O=C(Oc1ccc(OOCc2cccc([N+](=O)[O-])c2C(=O)O)cc1)c1cccc([N+](=O)[O-])c1C(=O)O. The van der Waals surface area contributed by atoms with Crippen LogP contribution in [0.3, 0.4) is 0 Å². The quantitative estimate of drug-likeness (QED) is 0.135. The van der Waals surface area contributed by atoms with Crippen LogP contribution in [0.1, 0.15) is 36.6 Å². The van der Waals surface area contributed by atoms with Crippen molar-refractivity contribution in [2.45, 2.75) is 6.61 Å². The van der Waals surface area contributed by atoms with Gasteiger partial charge in [-0.05, 0) is 30.3 Å². The lowest BCUT2D eigenvalue weighted by molar-refractivity contribution is -0.385. The Balaban J connectivity index is 1.68. The maximum absolute atomic E-state index is 12.4. The predicted octanol–water partition coefficient (Wildman–Crippen LogP) is 3.63. The lowest BCUT2D eigenvalue weighted by Crippen LogP contribution is -2.15. The number of nitrogens with zero attached hydrogens (tertiary/aromatic N) is 2. The van der Waals surface area contributed by atoms with Crippen molar-refractivity contribution in [2.75, 3.05) is 0 Å². The molecule has 0 aliphatic heterocycles. The molecule has 3 aromatic carbocycles. The predicted molar refractivity (Wildman–Crippen MR) is 117 cm³/mol. The normalized spacial score (nSPS) is 10.3. The van der Waals surface area contributed by atoms with E-state index in [9.17, 15) is 44.8 Å². The van der Waals surface area contributed by atoms with Crippen LogP contribution >= 0.6 is 0 Å². The Bertz CT molecular complexity index is 1370. The van der Waals surface area contributed by atoms with Gasteiger partial charge in [0.2, 0.25) is 0 Å². The number of ether oxygens (including phenoxy) is 1. The molecule has 0 fully saturated rings. The zero-order valence-electron chi connectivity index (χ0n) is 17.9. The first kappa shape index (κ1) is 25.3. The van der Waals surface area contributed by atoms with Gasteiger partial charge in [0.05, 0.1) is 15.4 Å². The number of carbonyl (C=O) groups is 3. The number of carboxylic acid groups (broad SMARTS) is 2. The summed E-state index contributed by atoms with van der Waals surface area (Å²) in [5.41, 5.74) is -3.27. The number of hydrogen-bond acceptors (Lipinski definition) is 10. The molecule has 0 heterocycles. The lowest BCUT2D eigenvalue weighted by atomic mass is 10.1. The van der Waals surface area contributed by atoms with E-state index in [0.717, 1.165) is 24.3 Å². The summed E-state index contributed by atoms with van der Waals surface area (Å²) in [5, 5.41) is 40.7. The maximum Gasteiger partial charge on any atom is 0.344 e. The van der Waals surface area contributed by atoms with Crippen molar-refractivity contribution in [1.29, 1.82) is 0 Å². The molecule has 0 saturated carbocycles. The summed E-state index contributed by atoms with van der Waals surface area (Å²) in [6, 6.07) is 11.9. The van der Waals surface area contributed by atoms with Gasteiger partial charge in [0, 0.05) is 17.7 Å². The van der Waals surface area contributed by atoms with Gasteiger partial charge < -0.3 is 19.8 Å². The van der Waals surface area contributed by atoms with Gasteiger partial charge in [-0.15, -0.1) is 0 Å². The molecule has 36 heavy (non-hydrogen) atoms. The molecule has 2 N–H and O–H groups in total. The number of carboxylic acids is 2. The van der Waals surface area contributed by atoms with E-state index in [1.54, 1.807) is 0 Å². The third-order valence-electron chi connectivity index (χ3n) is 4.62. The Morgan fingerprint density at radius 2 is 1.28 bits per heavy atom. The Morgan fingerprint density at radius 1 is 0.750 bits per heavy atom. The van der Waals surface area contributed by atoms with Gasteiger partial charge in [0.1, 0.15) is 17.9 Å². The maximum atomic E-state index is 12.4. The average molecular weight is 498 g/mol. The zero-order chi connectivity index (χ0) is 26.4. The Kier molecular flexibility index (Phi) is 7.51. The lowest BCUT2D eigenvalue weighted by Gasteiger charge is -2.09. The summed E-state index contributed by atoms with van der Waals surface area (Å²) in [6.07, 6.45) is 0. The van der Waals surface area contributed by atoms with E-state index in [2.05, 4.69) is 0 Å². The van der Waals surface area contributed by atoms with Crippen LogP contribution in [0.2, 0.25) is 0 Å². The van der Waals surface area contributed by atoms with Crippen molar-refractivity contribution in [3.63, 3.8) is 0 Å². The molecule has 3 aromatic rings. The van der Waals surface area contributed by atoms with Crippen LogP contribution in [0.15, 0.2) is 60.7 Å². The molecule has 0 aliphatic carbocycles. The third-order valence-corrected chi connectivity index (χ3v) is 4.62. The van der Waals surface area contributed by atoms with Crippen molar-refractivity contribution >= 4 is 29.3 Å². The fraction of sp³-hybridized carbons (Fsp3) is 0.0455. The Morgan fingerprint density at radius 3 is 1.83 bits per heavy atom. The first-order chi connectivity index (χ1) is 17.1. The van der Waals surface area contributed by atoms with Crippen molar-refractivity contribution < 1.29 is 49.0 Å². The van der Waals surface area contributed by atoms with Crippen LogP contribution in [0.25, 0.3) is 0 Å². The number of benzene rings is 3. The molecular weight excluding hydrogens is 484 g/mol. The summed E-state index contributed by atoms with van der Waals surface area (Å²) in [5.74, 6) is -4.31. The van der Waals surface area contributed by atoms with E-state index in [-0.39, 0.29) is 17.1 Å². The van der Waals surface area contributed by atoms with Gasteiger partial charge in [-0.1, -0.05) is 18.2 Å². The highest BCUT2D eigenvalue weighted by Gasteiger charge is 2.28. The van der Waals surface area contributed by atoms with E-state index in [0.29, 0.717) is 0 Å². The van der Waals surface area contributed by atoms with Crippen LogP contribution < -0.4 is 9.62 Å². The molecule has 0 spiro atoms. The molecule has 0 aromatic heterocycles. The molecule has 0 aliphatic rings. The van der Waals surface area contributed by atoms with Gasteiger partial charge in [0.15, 0.2) is 11.3 Å². The molecular formula is C22H14N2O12. The zero-order valence-corrected chi connectivity index (χ0v) is 17.9. The van der Waals surface area contributed by atoms with Gasteiger partial charge in [-0.3, -0.25) is 20.2 Å². The monoisotopic (exact) mass is 498 g/mol. The fourth-order valence-electron chi connectivity index (χ4n) is 3.08. The molecule has 14 heteroatoms. The molecule has 0 unspecified atom stereocenters. The van der Waals surface area contributed by atoms with Gasteiger partial charge in [-0.2, -0.15) is 4.89 Å². The van der Waals surface area contributed by atoms with Crippen LogP contribution in [0, 0.1) is 20.2 Å². The Labute approximate surface area is 200 Å². The largest absolute Gasteiger partial charge is 0.477 e. The average Bonchev–Trinajstić information content (AvgIpc) is 2.84. The summed E-state index contributed by atoms with van der Waals surface area (Å²) in [6.45, 7) is -0.440. The highest BCUT2D eigenvalue weighted by molar-refractivity contribution is 6.05. The van der Waals surface area contributed by atoms with Crippen molar-refractivity contribution in [3.8, 4) is 11.5 Å². The minimum atomic E-state index is -1.68. The molecule has 3 rings (SSSR count). The van der Waals surface area contributed by atoms with Crippen LogP contribution in [0.5, 0.6) is 11.5 Å². The van der Waals surface area contributed by atoms with E-state index < -0.39 is 62.4 Å². The van der Waals surface area contributed by atoms with Crippen molar-refractivity contribution in [1.82, 2.24) is 0 Å². The van der Waals surface area contributed by atoms with Crippen molar-refractivity contribution in [3.05, 3.63) is 103 Å². The number of aromatic carboxylic acids is 2. The minimum absolute atomic E-state index is 0.00607. The number of hydrogen-bond donors (Lipinski definition) is 2. The minimum Gasteiger partial charge on any atom is -0.477 e. The van der Waals surface area contributed by atoms with Gasteiger partial charge in [0.25, 0.3) is 11.4 Å². The second-order valence-electron chi connectivity index (χ2n) is 6.84. The number of nitro groups is 2. The molecule has 0 bridgehead atoms. The number of nitro benzene ring substituents is 2. The number of esters is 1. The molecule has 0 amide bonds. The topological polar surface area (TPSA) is 206 Å². The summed E-state index contributed by atoms with van der Waals surface area (Å²) < 4.78 is 5.08. The standard InChI is InChI=1S/C22H14N2O12/c25-20(26)18-12(3-1-5-16(18)23(30)31)11-34-36-14-9-7-13(8-10-14)35-22(29)15-4-2-6-17(24(32)33)19(15)21(27)28/h1-10H,11H2,(H,25,26)(H,27,28). The Hall–Kier alpha value is -5.37. The van der Waals surface area contributed by atoms with Crippen molar-refractivity contribution in [2.24, 2.45) is 0 Å². The van der Waals surface area contributed by atoms with Gasteiger partial charge >= 0.3 is 17.9 Å². The second kappa shape index (κ2) is 10.7. The number of carbonyl (C=O) groups excluding carboxylic acids is 1.